The summed E-state index contributed by atoms with van der Waals surface area (Å²) >= 11 is 0. The molecule has 1 aromatic heterocycles. The van der Waals surface area contributed by atoms with Crippen LogP contribution in [0.25, 0.3) is 0 Å². The van der Waals surface area contributed by atoms with Crippen LogP contribution in [-0.2, 0) is 22.9 Å². The molecular weight excluding hydrogens is 397 g/mol. The number of rotatable bonds is 7. The summed E-state index contributed by atoms with van der Waals surface area (Å²) in [5.74, 6) is -2.08. The number of benzene rings is 1. The van der Waals surface area contributed by atoms with E-state index in [4.69, 9.17) is 4.74 Å². The summed E-state index contributed by atoms with van der Waals surface area (Å²) in [5, 5.41) is 0. The first kappa shape index (κ1) is 20.2. The van der Waals surface area contributed by atoms with E-state index < -0.39 is 34.8 Å². The van der Waals surface area contributed by atoms with Crippen molar-refractivity contribution in [2.75, 3.05) is 18.4 Å². The molecule has 1 heterocycles. The van der Waals surface area contributed by atoms with Crippen molar-refractivity contribution >= 4 is 15.7 Å². The third-order valence-corrected chi connectivity index (χ3v) is 5.79. The second kappa shape index (κ2) is 8.26. The standard InChI is InChI=1S/C18H19F3N2O4S/c1-26-18-14(9-13(19)17(22-18)27-10-16(20)21)23-28(24,25)15-8-4-6-11-5-2-3-7-12(11)15/h4,6,8-9,16,23H,2-3,5,7,10H2,1H3. The molecule has 0 aliphatic heterocycles. The lowest BCUT2D eigenvalue weighted by Crippen LogP contribution is -2.18. The lowest BCUT2D eigenvalue weighted by Gasteiger charge is -2.20. The molecule has 2 aromatic rings. The van der Waals surface area contributed by atoms with E-state index in [9.17, 15) is 21.6 Å². The lowest BCUT2D eigenvalue weighted by atomic mass is 9.92. The Morgan fingerprint density at radius 3 is 2.68 bits per heavy atom. The number of aromatic nitrogens is 1. The van der Waals surface area contributed by atoms with Crippen molar-refractivity contribution in [3.8, 4) is 11.8 Å². The van der Waals surface area contributed by atoms with Crippen LogP contribution in [-0.4, -0.2) is 33.5 Å². The molecule has 1 N–H and O–H groups in total. The highest BCUT2D eigenvalue weighted by Gasteiger charge is 2.25. The summed E-state index contributed by atoms with van der Waals surface area (Å²) in [7, 11) is -2.85. The molecule has 10 heteroatoms. The number of nitrogens with zero attached hydrogens (tertiary/aromatic N) is 1. The topological polar surface area (TPSA) is 77.5 Å². The predicted molar refractivity (Wildman–Crippen MR) is 96.1 cm³/mol. The Kier molecular flexibility index (Phi) is 5.97. The number of methoxy groups -OCH3 is 1. The highest BCUT2D eigenvalue weighted by molar-refractivity contribution is 7.92. The van der Waals surface area contributed by atoms with E-state index in [1.54, 1.807) is 6.07 Å². The normalized spacial score (nSPS) is 13.9. The summed E-state index contributed by atoms with van der Waals surface area (Å²) in [6.07, 6.45) is 0.502. The van der Waals surface area contributed by atoms with E-state index in [2.05, 4.69) is 14.4 Å². The van der Waals surface area contributed by atoms with Crippen molar-refractivity contribution in [3.63, 3.8) is 0 Å². The highest BCUT2D eigenvalue weighted by atomic mass is 32.2. The third kappa shape index (κ3) is 4.32. The molecule has 0 bridgehead atoms. The fourth-order valence-corrected chi connectivity index (χ4v) is 4.49. The summed E-state index contributed by atoms with van der Waals surface area (Å²) in [6, 6.07) is 5.84. The Labute approximate surface area is 160 Å². The molecule has 1 aliphatic rings. The predicted octanol–water partition coefficient (Wildman–Crippen LogP) is 3.55. The van der Waals surface area contributed by atoms with E-state index in [0.29, 0.717) is 6.42 Å². The van der Waals surface area contributed by atoms with Crippen LogP contribution in [0.1, 0.15) is 24.0 Å². The van der Waals surface area contributed by atoms with Crippen molar-refractivity contribution in [2.24, 2.45) is 0 Å². The molecule has 152 valence electrons. The van der Waals surface area contributed by atoms with Crippen LogP contribution in [0.4, 0.5) is 18.9 Å². The second-order valence-electron chi connectivity index (χ2n) is 6.24. The number of ether oxygens (including phenoxy) is 2. The van der Waals surface area contributed by atoms with Gasteiger partial charge in [-0.05, 0) is 42.9 Å². The lowest BCUT2D eigenvalue weighted by molar-refractivity contribution is 0.0770. The fourth-order valence-electron chi connectivity index (χ4n) is 3.13. The molecule has 1 aliphatic carbocycles. The SMILES string of the molecule is COc1nc(OCC(F)F)c(F)cc1NS(=O)(=O)c1cccc2c1CCCC2. The van der Waals surface area contributed by atoms with Gasteiger partial charge in [-0.3, -0.25) is 4.72 Å². The molecule has 0 unspecified atom stereocenters. The van der Waals surface area contributed by atoms with Gasteiger partial charge in [-0.1, -0.05) is 12.1 Å². The second-order valence-corrected chi connectivity index (χ2v) is 7.89. The van der Waals surface area contributed by atoms with E-state index in [0.717, 1.165) is 36.5 Å². The van der Waals surface area contributed by atoms with Crippen LogP contribution in [0.3, 0.4) is 0 Å². The molecule has 0 spiro atoms. The zero-order chi connectivity index (χ0) is 20.3. The monoisotopic (exact) mass is 416 g/mol. The van der Waals surface area contributed by atoms with Crippen LogP contribution < -0.4 is 14.2 Å². The number of anilines is 1. The minimum absolute atomic E-state index is 0.116. The summed E-state index contributed by atoms with van der Waals surface area (Å²) < 4.78 is 76.3. The van der Waals surface area contributed by atoms with Crippen LogP contribution in [0.15, 0.2) is 29.2 Å². The van der Waals surface area contributed by atoms with Gasteiger partial charge in [0.15, 0.2) is 12.4 Å². The average molecular weight is 416 g/mol. The molecule has 0 fully saturated rings. The largest absolute Gasteiger partial charge is 0.479 e. The van der Waals surface area contributed by atoms with Gasteiger partial charge in [0, 0.05) is 6.07 Å². The van der Waals surface area contributed by atoms with Crippen molar-refractivity contribution in [3.05, 3.63) is 41.2 Å². The van der Waals surface area contributed by atoms with Gasteiger partial charge in [-0.2, -0.15) is 4.98 Å². The van der Waals surface area contributed by atoms with E-state index in [1.807, 2.05) is 6.07 Å². The molecule has 3 rings (SSSR count). The maximum atomic E-state index is 14.1. The third-order valence-electron chi connectivity index (χ3n) is 4.34. The maximum absolute atomic E-state index is 14.1. The molecule has 0 saturated carbocycles. The van der Waals surface area contributed by atoms with Gasteiger partial charge < -0.3 is 9.47 Å². The van der Waals surface area contributed by atoms with Crippen molar-refractivity contribution < 1.29 is 31.1 Å². The number of aryl methyl sites for hydroxylation is 1. The summed E-state index contributed by atoms with van der Waals surface area (Å²) in [4.78, 5) is 3.76. The average Bonchev–Trinajstić information content (AvgIpc) is 2.66. The van der Waals surface area contributed by atoms with Crippen LogP contribution >= 0.6 is 0 Å². The van der Waals surface area contributed by atoms with Gasteiger partial charge >= 0.3 is 0 Å². The zero-order valence-corrected chi connectivity index (χ0v) is 15.9. The molecule has 6 nitrogen and oxygen atoms in total. The minimum Gasteiger partial charge on any atom is -0.479 e. The first-order valence-electron chi connectivity index (χ1n) is 8.61. The number of fused-ring (bicyclic) bond motifs is 1. The van der Waals surface area contributed by atoms with Gasteiger partial charge in [-0.15, -0.1) is 0 Å². The van der Waals surface area contributed by atoms with Gasteiger partial charge in [0.25, 0.3) is 22.3 Å². The van der Waals surface area contributed by atoms with Crippen molar-refractivity contribution in [2.45, 2.75) is 37.0 Å². The van der Waals surface area contributed by atoms with Crippen molar-refractivity contribution in [1.29, 1.82) is 0 Å². The smallest absolute Gasteiger partial charge is 0.272 e. The molecule has 0 atom stereocenters. The Balaban J connectivity index is 1.93. The van der Waals surface area contributed by atoms with Crippen molar-refractivity contribution in [1.82, 2.24) is 4.98 Å². The number of alkyl halides is 2. The van der Waals surface area contributed by atoms with Crippen LogP contribution in [0, 0.1) is 5.82 Å². The number of sulfonamides is 1. The molecule has 0 saturated heterocycles. The molecule has 0 amide bonds. The van der Waals surface area contributed by atoms with E-state index in [-0.39, 0.29) is 16.5 Å². The minimum atomic E-state index is -4.04. The zero-order valence-electron chi connectivity index (χ0n) is 15.0. The Bertz CT molecular complexity index is 968. The van der Waals surface area contributed by atoms with Crippen LogP contribution in [0.5, 0.6) is 11.8 Å². The summed E-state index contributed by atoms with van der Waals surface area (Å²) in [5.41, 5.74) is 1.46. The number of pyridine rings is 1. The van der Waals surface area contributed by atoms with Gasteiger partial charge in [0.05, 0.1) is 12.0 Å². The van der Waals surface area contributed by atoms with Crippen LogP contribution in [0.2, 0.25) is 0 Å². The Morgan fingerprint density at radius 1 is 1.21 bits per heavy atom. The van der Waals surface area contributed by atoms with Gasteiger partial charge in [-0.25, -0.2) is 21.6 Å². The number of halogens is 3. The highest BCUT2D eigenvalue weighted by Crippen LogP contribution is 2.32. The van der Waals surface area contributed by atoms with E-state index >= 15 is 0 Å². The Hall–Kier alpha value is -2.49. The molecular formula is C18H19F3N2O4S. The molecule has 1 aromatic carbocycles. The number of hydrogen-bond acceptors (Lipinski definition) is 5. The fraction of sp³-hybridized carbons (Fsp3) is 0.389. The van der Waals surface area contributed by atoms with Gasteiger partial charge in [0.1, 0.15) is 5.69 Å². The Morgan fingerprint density at radius 2 is 1.96 bits per heavy atom. The molecule has 28 heavy (non-hydrogen) atoms. The maximum Gasteiger partial charge on any atom is 0.272 e. The quantitative estimate of drug-likeness (QED) is 0.747. The number of nitrogens with one attached hydrogen (secondary N) is 1. The van der Waals surface area contributed by atoms with E-state index in [1.165, 1.54) is 13.2 Å². The van der Waals surface area contributed by atoms with Gasteiger partial charge in [0.2, 0.25) is 5.88 Å². The summed E-state index contributed by atoms with van der Waals surface area (Å²) in [6.45, 7) is -1.05. The first-order valence-corrected chi connectivity index (χ1v) is 10.1. The first-order chi connectivity index (χ1) is 13.3. The number of hydrogen-bond donors (Lipinski definition) is 1. The molecule has 0 radical (unpaired) electrons.